The summed E-state index contributed by atoms with van der Waals surface area (Å²) in [6.45, 7) is 1.98. The molecule has 0 spiro atoms. The van der Waals surface area contributed by atoms with Crippen LogP contribution in [0.1, 0.15) is 12.0 Å². The highest BCUT2D eigenvalue weighted by atomic mass is 35.5. The number of aryl methyl sites for hydroxylation is 1. The summed E-state index contributed by atoms with van der Waals surface area (Å²) < 4.78 is 13.1. The lowest BCUT2D eigenvalue weighted by molar-refractivity contribution is -0.122. The number of aliphatic imine (C=N–C) groups is 1. The van der Waals surface area contributed by atoms with E-state index in [2.05, 4.69) is 15.6 Å². The molecule has 2 amide bonds. The van der Waals surface area contributed by atoms with Crippen LogP contribution in [0.2, 0.25) is 5.02 Å². The van der Waals surface area contributed by atoms with Crippen molar-refractivity contribution in [3.63, 3.8) is 0 Å². The van der Waals surface area contributed by atoms with Crippen molar-refractivity contribution >= 4 is 51.7 Å². The fraction of sp³-hybridized carbons (Fsp3) is 0.167. The van der Waals surface area contributed by atoms with Gasteiger partial charge in [0.1, 0.15) is 11.1 Å². The van der Waals surface area contributed by atoms with Gasteiger partial charge in [0.25, 0.3) is 0 Å². The third kappa shape index (κ3) is 4.62. The molecule has 134 valence electrons. The number of benzene rings is 2. The third-order valence-electron chi connectivity index (χ3n) is 3.62. The second-order valence-electron chi connectivity index (χ2n) is 5.73. The summed E-state index contributed by atoms with van der Waals surface area (Å²) in [6, 6.07) is 11.5. The Balaban J connectivity index is 1.61. The Kier molecular flexibility index (Phi) is 5.58. The molecule has 1 aliphatic heterocycles. The molecule has 0 saturated carbocycles. The van der Waals surface area contributed by atoms with E-state index >= 15 is 0 Å². The van der Waals surface area contributed by atoms with Crippen LogP contribution in [0.4, 0.5) is 15.8 Å². The van der Waals surface area contributed by atoms with Crippen LogP contribution < -0.4 is 10.6 Å². The van der Waals surface area contributed by atoms with Crippen molar-refractivity contribution in [2.75, 3.05) is 5.32 Å². The molecule has 26 heavy (non-hydrogen) atoms. The molecule has 0 radical (unpaired) electrons. The number of rotatable bonds is 4. The average Bonchev–Trinajstić information content (AvgIpc) is 2.92. The summed E-state index contributed by atoms with van der Waals surface area (Å²) in [5.74, 6) is -1.20. The van der Waals surface area contributed by atoms with E-state index in [4.69, 9.17) is 11.6 Å². The summed E-state index contributed by atoms with van der Waals surface area (Å²) in [6.07, 6.45) is -0.0294. The highest BCUT2D eigenvalue weighted by Gasteiger charge is 2.32. The van der Waals surface area contributed by atoms with E-state index in [-0.39, 0.29) is 23.3 Å². The molecule has 1 aliphatic rings. The molecular weight excluding hydrogens is 377 g/mol. The van der Waals surface area contributed by atoms with Gasteiger partial charge in [0.2, 0.25) is 11.8 Å². The lowest BCUT2D eigenvalue weighted by atomic mass is 10.2. The molecule has 2 aromatic rings. The normalized spacial score (nSPS) is 18.0. The molecule has 5 nitrogen and oxygen atoms in total. The number of amides is 2. The van der Waals surface area contributed by atoms with Crippen molar-refractivity contribution < 1.29 is 14.0 Å². The van der Waals surface area contributed by atoms with Crippen LogP contribution in [-0.2, 0) is 9.59 Å². The minimum Gasteiger partial charge on any atom is -0.326 e. The fourth-order valence-corrected chi connectivity index (χ4v) is 3.45. The topological polar surface area (TPSA) is 70.6 Å². The molecule has 1 atom stereocenters. The Morgan fingerprint density at radius 1 is 1.31 bits per heavy atom. The smallest absolute Gasteiger partial charge is 0.240 e. The van der Waals surface area contributed by atoms with Crippen molar-refractivity contribution in [2.45, 2.75) is 18.6 Å². The largest absolute Gasteiger partial charge is 0.326 e. The Hall–Kier alpha value is -2.38. The van der Waals surface area contributed by atoms with Crippen molar-refractivity contribution in [3.8, 4) is 0 Å². The van der Waals surface area contributed by atoms with Crippen LogP contribution in [0.5, 0.6) is 0 Å². The predicted octanol–water partition coefficient (Wildman–Crippen LogP) is 4.04. The molecule has 8 heteroatoms. The molecule has 1 unspecified atom stereocenters. The lowest BCUT2D eigenvalue weighted by Gasteiger charge is -2.08. The first-order valence-electron chi connectivity index (χ1n) is 7.78. The van der Waals surface area contributed by atoms with Crippen LogP contribution in [0.3, 0.4) is 0 Å². The monoisotopic (exact) mass is 391 g/mol. The zero-order valence-corrected chi connectivity index (χ0v) is 15.3. The van der Waals surface area contributed by atoms with Crippen molar-refractivity contribution in [1.82, 2.24) is 5.32 Å². The van der Waals surface area contributed by atoms with Gasteiger partial charge in [-0.05, 0) is 37.3 Å². The van der Waals surface area contributed by atoms with Gasteiger partial charge in [-0.3, -0.25) is 9.59 Å². The summed E-state index contributed by atoms with van der Waals surface area (Å²) in [4.78, 5) is 28.6. The predicted molar refractivity (Wildman–Crippen MR) is 102 cm³/mol. The SMILES string of the molecule is Cc1ccc(N=C2NC(=O)C(CC(=O)Nc3ccc(F)c(Cl)c3)S2)cc1. The fourth-order valence-electron chi connectivity index (χ4n) is 2.28. The van der Waals surface area contributed by atoms with Gasteiger partial charge >= 0.3 is 0 Å². The summed E-state index contributed by atoms with van der Waals surface area (Å²) in [5, 5.41) is 5.09. The van der Waals surface area contributed by atoms with Crippen LogP contribution in [-0.4, -0.2) is 22.2 Å². The Labute approximate surface area is 159 Å². The Morgan fingerprint density at radius 2 is 2.04 bits per heavy atom. The molecular formula is C18H15ClFN3O2S. The van der Waals surface area contributed by atoms with Gasteiger partial charge in [0.15, 0.2) is 5.17 Å². The van der Waals surface area contributed by atoms with E-state index in [1.165, 1.54) is 30.0 Å². The first-order valence-corrected chi connectivity index (χ1v) is 9.04. The van der Waals surface area contributed by atoms with Gasteiger partial charge in [0.05, 0.1) is 10.7 Å². The maximum Gasteiger partial charge on any atom is 0.240 e. The molecule has 2 N–H and O–H groups in total. The minimum absolute atomic E-state index is 0.0294. The molecule has 0 aliphatic carbocycles. The Bertz CT molecular complexity index is 887. The van der Waals surface area contributed by atoms with Crippen molar-refractivity contribution in [3.05, 3.63) is 58.9 Å². The van der Waals surface area contributed by atoms with E-state index in [1.807, 2.05) is 31.2 Å². The summed E-state index contributed by atoms with van der Waals surface area (Å²) in [7, 11) is 0. The minimum atomic E-state index is -0.574. The highest BCUT2D eigenvalue weighted by molar-refractivity contribution is 8.15. The first kappa shape index (κ1) is 18.4. The quantitative estimate of drug-likeness (QED) is 0.826. The standard InChI is InChI=1S/C18H15ClFN3O2S/c1-10-2-4-11(5-3-10)22-18-23-17(25)15(26-18)9-16(24)21-12-6-7-14(20)13(19)8-12/h2-8,15H,9H2,1H3,(H,21,24)(H,22,23,25). The zero-order valence-electron chi connectivity index (χ0n) is 13.8. The number of hydrogen-bond acceptors (Lipinski definition) is 4. The number of nitrogens with zero attached hydrogens (tertiary/aromatic N) is 1. The second kappa shape index (κ2) is 7.88. The number of halogens is 2. The van der Waals surface area contributed by atoms with Crippen LogP contribution in [0.25, 0.3) is 0 Å². The van der Waals surface area contributed by atoms with Crippen LogP contribution >= 0.6 is 23.4 Å². The van der Waals surface area contributed by atoms with Gasteiger partial charge in [-0.2, -0.15) is 0 Å². The summed E-state index contributed by atoms with van der Waals surface area (Å²) >= 11 is 6.89. The van der Waals surface area contributed by atoms with E-state index < -0.39 is 11.1 Å². The third-order valence-corrected chi connectivity index (χ3v) is 4.99. The molecule has 0 bridgehead atoms. The lowest BCUT2D eigenvalue weighted by Crippen LogP contribution is -2.28. The van der Waals surface area contributed by atoms with E-state index in [1.54, 1.807) is 0 Å². The number of hydrogen-bond donors (Lipinski definition) is 2. The van der Waals surface area contributed by atoms with Gasteiger partial charge < -0.3 is 10.6 Å². The number of carbonyl (C=O) groups is 2. The van der Waals surface area contributed by atoms with Gasteiger partial charge in [-0.1, -0.05) is 41.1 Å². The maximum atomic E-state index is 13.1. The van der Waals surface area contributed by atoms with Crippen LogP contribution in [0, 0.1) is 12.7 Å². The van der Waals surface area contributed by atoms with Crippen molar-refractivity contribution in [1.29, 1.82) is 0 Å². The van der Waals surface area contributed by atoms with Gasteiger partial charge in [0, 0.05) is 12.1 Å². The maximum absolute atomic E-state index is 13.1. The van der Waals surface area contributed by atoms with E-state index in [9.17, 15) is 14.0 Å². The van der Waals surface area contributed by atoms with Gasteiger partial charge in [-0.25, -0.2) is 9.38 Å². The molecule has 1 saturated heterocycles. The average molecular weight is 392 g/mol. The molecule has 2 aromatic carbocycles. The molecule has 1 heterocycles. The number of thioether (sulfide) groups is 1. The molecule has 1 fully saturated rings. The number of amidine groups is 1. The van der Waals surface area contributed by atoms with Crippen LogP contribution in [0.15, 0.2) is 47.5 Å². The summed E-state index contributed by atoms with van der Waals surface area (Å²) in [5.41, 5.74) is 2.22. The van der Waals surface area contributed by atoms with Gasteiger partial charge in [-0.15, -0.1) is 0 Å². The van der Waals surface area contributed by atoms with E-state index in [0.717, 1.165) is 11.3 Å². The zero-order chi connectivity index (χ0) is 18.7. The highest BCUT2D eigenvalue weighted by Crippen LogP contribution is 2.26. The van der Waals surface area contributed by atoms with Crippen molar-refractivity contribution in [2.24, 2.45) is 4.99 Å². The first-order chi connectivity index (χ1) is 12.4. The number of anilines is 1. The van der Waals surface area contributed by atoms with E-state index in [0.29, 0.717) is 10.9 Å². The number of nitrogens with one attached hydrogen (secondary N) is 2. The molecule has 3 rings (SSSR count). The Morgan fingerprint density at radius 3 is 2.73 bits per heavy atom. The number of carbonyl (C=O) groups excluding carboxylic acids is 2. The molecule has 0 aromatic heterocycles. The second-order valence-corrected chi connectivity index (χ2v) is 7.33.